The zero-order valence-corrected chi connectivity index (χ0v) is 12.9. The molecule has 5 heteroatoms. The molecule has 0 radical (unpaired) electrons. The molecule has 2 N–H and O–H groups in total. The van der Waals surface area contributed by atoms with Crippen molar-refractivity contribution >= 4 is 17.3 Å². The molecule has 2 rings (SSSR count). The molecule has 0 saturated heterocycles. The van der Waals surface area contributed by atoms with Crippen molar-refractivity contribution < 1.29 is 0 Å². The van der Waals surface area contributed by atoms with E-state index in [1.54, 1.807) is 11.3 Å². The Morgan fingerprint density at radius 1 is 1.47 bits per heavy atom. The summed E-state index contributed by atoms with van der Waals surface area (Å²) in [4.78, 5) is 9.79. The molecular formula is C14H24N4S. The first-order chi connectivity index (χ1) is 9.17. The Morgan fingerprint density at radius 3 is 2.74 bits per heavy atom. The fraction of sp³-hybridized carbons (Fsp3) is 0.714. The number of aromatic nitrogens is 1. The second-order valence-electron chi connectivity index (χ2n) is 5.33. The van der Waals surface area contributed by atoms with E-state index < -0.39 is 0 Å². The molecule has 1 heterocycles. The fourth-order valence-electron chi connectivity index (χ4n) is 2.48. The fourth-order valence-corrected chi connectivity index (χ4v) is 3.22. The van der Waals surface area contributed by atoms with Crippen molar-refractivity contribution in [2.75, 3.05) is 13.6 Å². The van der Waals surface area contributed by atoms with Gasteiger partial charge in [-0.15, -0.1) is 11.3 Å². The largest absolute Gasteiger partial charge is 0.356 e. The van der Waals surface area contributed by atoms with Crippen molar-refractivity contribution in [3.8, 4) is 0 Å². The minimum Gasteiger partial charge on any atom is -0.356 e. The Balaban J connectivity index is 1.77. The molecule has 0 amide bonds. The molecule has 1 aliphatic carbocycles. The second kappa shape index (κ2) is 6.37. The molecule has 0 unspecified atom stereocenters. The molecule has 0 atom stereocenters. The highest BCUT2D eigenvalue weighted by Crippen LogP contribution is 2.42. The molecule has 0 aliphatic heterocycles. The predicted molar refractivity (Wildman–Crippen MR) is 81.6 cm³/mol. The molecule has 0 bridgehead atoms. The minimum absolute atomic E-state index is 0.513. The molecule has 1 aromatic heterocycles. The first-order valence-corrected chi connectivity index (χ1v) is 7.85. The molecule has 0 spiro atoms. The number of rotatable bonds is 5. The van der Waals surface area contributed by atoms with Gasteiger partial charge in [0.15, 0.2) is 5.96 Å². The highest BCUT2D eigenvalue weighted by atomic mass is 32.1. The van der Waals surface area contributed by atoms with Gasteiger partial charge in [0, 0.05) is 24.7 Å². The molecule has 1 aromatic rings. The van der Waals surface area contributed by atoms with Crippen molar-refractivity contribution in [1.29, 1.82) is 0 Å². The second-order valence-corrected chi connectivity index (χ2v) is 6.65. The summed E-state index contributed by atoms with van der Waals surface area (Å²) in [5.41, 5.74) is 0.513. The van der Waals surface area contributed by atoms with Gasteiger partial charge in [-0.2, -0.15) is 0 Å². The van der Waals surface area contributed by atoms with Crippen LogP contribution in [0.15, 0.2) is 11.2 Å². The lowest BCUT2D eigenvalue weighted by Gasteiger charge is -2.41. The number of nitrogens with one attached hydrogen (secondary N) is 2. The Bertz CT molecular complexity index is 429. The van der Waals surface area contributed by atoms with E-state index in [0.29, 0.717) is 5.41 Å². The lowest BCUT2D eigenvalue weighted by molar-refractivity contribution is 0.131. The molecular weight excluding hydrogens is 256 g/mol. The predicted octanol–water partition coefficient (Wildman–Crippen LogP) is 2.70. The normalized spacial score (nSPS) is 17.9. The van der Waals surface area contributed by atoms with E-state index in [-0.39, 0.29) is 0 Å². The van der Waals surface area contributed by atoms with Crippen molar-refractivity contribution in [2.45, 2.75) is 46.1 Å². The number of aliphatic imine (C=N–C) groups is 1. The summed E-state index contributed by atoms with van der Waals surface area (Å²) < 4.78 is 0. The molecule has 1 saturated carbocycles. The quantitative estimate of drug-likeness (QED) is 0.644. The number of guanidine groups is 1. The van der Waals surface area contributed by atoms with E-state index in [4.69, 9.17) is 0 Å². The maximum Gasteiger partial charge on any atom is 0.191 e. The van der Waals surface area contributed by atoms with Gasteiger partial charge in [-0.3, -0.25) is 4.99 Å². The highest BCUT2D eigenvalue weighted by Gasteiger charge is 2.34. The van der Waals surface area contributed by atoms with Crippen molar-refractivity contribution in [3.63, 3.8) is 0 Å². The van der Waals surface area contributed by atoms with Gasteiger partial charge in [0.05, 0.1) is 11.6 Å². The van der Waals surface area contributed by atoms with Gasteiger partial charge >= 0.3 is 0 Å². The van der Waals surface area contributed by atoms with Crippen LogP contribution in [0, 0.1) is 12.3 Å². The van der Waals surface area contributed by atoms with E-state index in [2.05, 4.69) is 27.5 Å². The SMILES string of the molecule is CCC1(CNC(=NC)NCc2cnc(C)s2)CCC1. The molecule has 0 aromatic carbocycles. The van der Waals surface area contributed by atoms with Crippen LogP contribution in [0.5, 0.6) is 0 Å². The number of aryl methyl sites for hydroxylation is 1. The third-order valence-corrected chi connectivity index (χ3v) is 5.03. The van der Waals surface area contributed by atoms with Crippen LogP contribution in [-0.4, -0.2) is 24.5 Å². The molecule has 106 valence electrons. The monoisotopic (exact) mass is 280 g/mol. The summed E-state index contributed by atoms with van der Waals surface area (Å²) >= 11 is 1.73. The number of hydrogen-bond donors (Lipinski definition) is 2. The van der Waals surface area contributed by atoms with Crippen molar-refractivity contribution in [3.05, 3.63) is 16.1 Å². The van der Waals surface area contributed by atoms with Gasteiger partial charge in [0.1, 0.15) is 0 Å². The number of nitrogens with zero attached hydrogens (tertiary/aromatic N) is 2. The number of thiazole rings is 1. The van der Waals surface area contributed by atoms with Gasteiger partial charge < -0.3 is 10.6 Å². The maximum absolute atomic E-state index is 4.28. The van der Waals surface area contributed by atoms with E-state index in [9.17, 15) is 0 Å². The smallest absolute Gasteiger partial charge is 0.191 e. The van der Waals surface area contributed by atoms with Crippen LogP contribution in [-0.2, 0) is 6.54 Å². The molecule has 1 fully saturated rings. The van der Waals surface area contributed by atoms with E-state index >= 15 is 0 Å². The zero-order valence-electron chi connectivity index (χ0n) is 12.1. The standard InChI is InChI=1S/C14H24N4S/c1-4-14(6-5-7-14)10-18-13(15-3)17-9-12-8-16-11(2)19-12/h8H,4-7,9-10H2,1-3H3,(H2,15,17,18). The Kier molecular flexibility index (Phi) is 4.80. The Labute approximate surface area is 119 Å². The van der Waals surface area contributed by atoms with Crippen LogP contribution in [0.1, 0.15) is 42.5 Å². The molecule has 4 nitrogen and oxygen atoms in total. The van der Waals surface area contributed by atoms with Gasteiger partial charge in [0.2, 0.25) is 0 Å². The van der Waals surface area contributed by atoms with Crippen molar-refractivity contribution in [2.24, 2.45) is 10.4 Å². The summed E-state index contributed by atoms with van der Waals surface area (Å²) in [6.45, 7) is 6.15. The summed E-state index contributed by atoms with van der Waals surface area (Å²) in [5.74, 6) is 0.894. The maximum atomic E-state index is 4.28. The third kappa shape index (κ3) is 3.69. The van der Waals surface area contributed by atoms with E-state index in [1.165, 1.54) is 30.6 Å². The average Bonchev–Trinajstić information content (AvgIpc) is 2.78. The van der Waals surface area contributed by atoms with Gasteiger partial charge in [-0.25, -0.2) is 4.98 Å². The van der Waals surface area contributed by atoms with Crippen LogP contribution < -0.4 is 10.6 Å². The lowest BCUT2D eigenvalue weighted by Crippen LogP contribution is -2.45. The summed E-state index contributed by atoms with van der Waals surface area (Å²) in [6.07, 6.45) is 7.26. The first kappa shape index (κ1) is 14.3. The highest BCUT2D eigenvalue weighted by molar-refractivity contribution is 7.11. The Hall–Kier alpha value is -1.10. The third-order valence-electron chi connectivity index (χ3n) is 4.12. The van der Waals surface area contributed by atoms with Crippen LogP contribution in [0.2, 0.25) is 0 Å². The topological polar surface area (TPSA) is 49.3 Å². The van der Waals surface area contributed by atoms with Gasteiger partial charge in [-0.05, 0) is 31.6 Å². The van der Waals surface area contributed by atoms with Crippen LogP contribution in [0.3, 0.4) is 0 Å². The van der Waals surface area contributed by atoms with E-state index in [1.807, 2.05) is 20.2 Å². The van der Waals surface area contributed by atoms with Crippen LogP contribution in [0.25, 0.3) is 0 Å². The first-order valence-electron chi connectivity index (χ1n) is 7.03. The summed E-state index contributed by atoms with van der Waals surface area (Å²) in [7, 11) is 1.83. The molecule has 19 heavy (non-hydrogen) atoms. The van der Waals surface area contributed by atoms with Crippen LogP contribution >= 0.6 is 11.3 Å². The Morgan fingerprint density at radius 2 is 2.26 bits per heavy atom. The van der Waals surface area contributed by atoms with Crippen LogP contribution in [0.4, 0.5) is 0 Å². The van der Waals surface area contributed by atoms with E-state index in [0.717, 1.165) is 24.1 Å². The summed E-state index contributed by atoms with van der Waals surface area (Å²) in [5, 5.41) is 7.93. The molecule has 1 aliphatic rings. The average molecular weight is 280 g/mol. The minimum atomic E-state index is 0.513. The van der Waals surface area contributed by atoms with Gasteiger partial charge in [0.25, 0.3) is 0 Å². The summed E-state index contributed by atoms with van der Waals surface area (Å²) in [6, 6.07) is 0. The zero-order chi connectivity index (χ0) is 13.7. The van der Waals surface area contributed by atoms with Gasteiger partial charge in [-0.1, -0.05) is 13.3 Å². The number of hydrogen-bond acceptors (Lipinski definition) is 3. The lowest BCUT2D eigenvalue weighted by atomic mass is 9.67. The van der Waals surface area contributed by atoms with Crippen molar-refractivity contribution in [1.82, 2.24) is 15.6 Å².